The van der Waals surface area contributed by atoms with Crippen LogP contribution in [0.5, 0.6) is 0 Å². The van der Waals surface area contributed by atoms with E-state index in [1.807, 2.05) is 37.3 Å². The van der Waals surface area contributed by atoms with Gasteiger partial charge in [0.2, 0.25) is 0 Å². The molecule has 0 amide bonds. The smallest absolute Gasteiger partial charge is 0.328 e. The van der Waals surface area contributed by atoms with Gasteiger partial charge in [-0.15, -0.1) is 0 Å². The molecule has 24 heavy (non-hydrogen) atoms. The fraction of sp³-hybridized carbons (Fsp3) is 0.375. The molecule has 0 saturated heterocycles. The van der Waals surface area contributed by atoms with E-state index in [0.29, 0.717) is 12.2 Å². The number of hydrazine groups is 1. The van der Waals surface area contributed by atoms with Crippen molar-refractivity contribution in [2.45, 2.75) is 6.54 Å². The largest absolute Gasteiger partial charge is 0.478 e. The summed E-state index contributed by atoms with van der Waals surface area (Å²) in [5.41, 5.74) is 4.41. The van der Waals surface area contributed by atoms with E-state index in [9.17, 15) is 9.59 Å². The molecule has 3 N–H and O–H groups in total. The molecule has 0 heterocycles. The molecule has 1 aromatic carbocycles. The number of hydrogen-bond donors (Lipinski definition) is 3. The van der Waals surface area contributed by atoms with Gasteiger partial charge in [0, 0.05) is 50.9 Å². The van der Waals surface area contributed by atoms with Gasteiger partial charge >= 0.3 is 11.9 Å². The van der Waals surface area contributed by atoms with E-state index < -0.39 is 11.9 Å². The zero-order chi connectivity index (χ0) is 18.5. The number of carboxylic acid groups (broad SMARTS) is 2. The fourth-order valence-electron chi connectivity index (χ4n) is 1.60. The lowest BCUT2D eigenvalue weighted by molar-refractivity contribution is -0.134. The molecule has 0 bridgehead atoms. The molecule has 0 unspecified atom stereocenters. The Hall–Kier alpha value is -1.93. The SMILES string of the molecule is CN(CCNN(C)C)Cc1ccccc1Cl.O=C(O)/C=C\C(=O)O. The second-order valence-corrected chi connectivity index (χ2v) is 5.55. The second-order valence-electron chi connectivity index (χ2n) is 5.14. The van der Waals surface area contributed by atoms with Crippen molar-refractivity contribution in [3.63, 3.8) is 0 Å². The summed E-state index contributed by atoms with van der Waals surface area (Å²) < 4.78 is 0. The maximum absolute atomic E-state index is 9.55. The van der Waals surface area contributed by atoms with Gasteiger partial charge in [0.05, 0.1) is 0 Å². The minimum atomic E-state index is -1.26. The summed E-state index contributed by atoms with van der Waals surface area (Å²) in [6.45, 7) is 2.81. The third kappa shape index (κ3) is 12.6. The quantitative estimate of drug-likeness (QED) is 0.480. The highest BCUT2D eigenvalue weighted by molar-refractivity contribution is 6.31. The van der Waals surface area contributed by atoms with E-state index in [-0.39, 0.29) is 0 Å². The van der Waals surface area contributed by atoms with Gasteiger partial charge in [-0.2, -0.15) is 0 Å². The van der Waals surface area contributed by atoms with Crippen LogP contribution in [0.15, 0.2) is 36.4 Å². The van der Waals surface area contributed by atoms with Gasteiger partial charge in [-0.1, -0.05) is 29.8 Å². The van der Waals surface area contributed by atoms with Crippen molar-refractivity contribution >= 4 is 23.5 Å². The summed E-state index contributed by atoms with van der Waals surface area (Å²) in [6.07, 6.45) is 1.12. The number of carbonyl (C=O) groups is 2. The molecule has 7 nitrogen and oxygen atoms in total. The van der Waals surface area contributed by atoms with E-state index in [1.165, 1.54) is 5.56 Å². The third-order valence-electron chi connectivity index (χ3n) is 2.69. The van der Waals surface area contributed by atoms with Gasteiger partial charge in [-0.05, 0) is 18.7 Å². The monoisotopic (exact) mass is 357 g/mol. The van der Waals surface area contributed by atoms with Crippen LogP contribution in [0.2, 0.25) is 5.02 Å². The Bertz CT molecular complexity index is 534. The lowest BCUT2D eigenvalue weighted by Crippen LogP contribution is -2.36. The second kappa shape index (κ2) is 12.5. The van der Waals surface area contributed by atoms with Gasteiger partial charge in [-0.3, -0.25) is 10.4 Å². The molecule has 0 saturated carbocycles. The van der Waals surface area contributed by atoms with Gasteiger partial charge in [0.25, 0.3) is 0 Å². The zero-order valence-corrected chi connectivity index (χ0v) is 14.8. The first-order valence-corrected chi connectivity index (χ1v) is 7.57. The maximum atomic E-state index is 9.55. The van der Waals surface area contributed by atoms with Crippen LogP contribution in [0.1, 0.15) is 5.56 Å². The number of benzene rings is 1. The first-order valence-electron chi connectivity index (χ1n) is 7.19. The van der Waals surface area contributed by atoms with Crippen molar-refractivity contribution in [2.75, 3.05) is 34.2 Å². The van der Waals surface area contributed by atoms with Crippen molar-refractivity contribution in [3.8, 4) is 0 Å². The molecule has 134 valence electrons. The van der Waals surface area contributed by atoms with Crippen molar-refractivity contribution in [1.29, 1.82) is 0 Å². The predicted molar refractivity (Wildman–Crippen MR) is 93.9 cm³/mol. The first-order chi connectivity index (χ1) is 11.2. The number of nitrogens with zero attached hydrogens (tertiary/aromatic N) is 2. The summed E-state index contributed by atoms with van der Waals surface area (Å²) in [7, 11) is 6.09. The Morgan fingerprint density at radius 1 is 1.12 bits per heavy atom. The highest BCUT2D eigenvalue weighted by Gasteiger charge is 2.03. The van der Waals surface area contributed by atoms with Crippen LogP contribution in [0.25, 0.3) is 0 Å². The van der Waals surface area contributed by atoms with Gasteiger partial charge in [0.1, 0.15) is 0 Å². The number of halogens is 1. The number of hydrogen-bond acceptors (Lipinski definition) is 5. The molecule has 0 atom stereocenters. The van der Waals surface area contributed by atoms with E-state index in [0.717, 1.165) is 24.7 Å². The van der Waals surface area contributed by atoms with Gasteiger partial charge < -0.3 is 15.1 Å². The molecular formula is C16H24ClN3O4. The van der Waals surface area contributed by atoms with Crippen LogP contribution in [0.4, 0.5) is 0 Å². The van der Waals surface area contributed by atoms with Crippen LogP contribution >= 0.6 is 11.6 Å². The van der Waals surface area contributed by atoms with Crippen LogP contribution < -0.4 is 5.43 Å². The molecule has 0 aliphatic carbocycles. The lowest BCUT2D eigenvalue weighted by atomic mass is 10.2. The summed E-state index contributed by atoms with van der Waals surface area (Å²) in [5, 5.41) is 18.4. The topological polar surface area (TPSA) is 93.1 Å². The van der Waals surface area contributed by atoms with Crippen molar-refractivity contribution in [2.24, 2.45) is 0 Å². The fourth-order valence-corrected chi connectivity index (χ4v) is 1.80. The van der Waals surface area contributed by atoms with Crippen molar-refractivity contribution in [1.82, 2.24) is 15.3 Å². The Balaban J connectivity index is 0.000000561. The number of nitrogens with one attached hydrogen (secondary N) is 1. The number of rotatable bonds is 8. The normalized spacial score (nSPS) is 10.8. The van der Waals surface area contributed by atoms with Crippen molar-refractivity contribution in [3.05, 3.63) is 47.0 Å². The summed E-state index contributed by atoms with van der Waals surface area (Å²) in [6, 6.07) is 7.98. The predicted octanol–water partition coefficient (Wildman–Crippen LogP) is 1.55. The number of aliphatic carboxylic acids is 2. The molecule has 0 aliphatic heterocycles. The summed E-state index contributed by atoms with van der Waals surface area (Å²) >= 11 is 6.10. The zero-order valence-electron chi connectivity index (χ0n) is 14.1. The molecule has 0 spiro atoms. The summed E-state index contributed by atoms with van der Waals surface area (Å²) in [4.78, 5) is 21.4. The van der Waals surface area contributed by atoms with Crippen LogP contribution in [0.3, 0.4) is 0 Å². The Labute approximate surface area is 147 Å². The Kier molecular flexibility index (Phi) is 11.5. The Morgan fingerprint density at radius 2 is 1.67 bits per heavy atom. The van der Waals surface area contributed by atoms with Crippen LogP contribution in [-0.4, -0.2) is 66.3 Å². The molecule has 0 fully saturated rings. The molecular weight excluding hydrogens is 334 g/mol. The molecule has 0 aliphatic rings. The minimum Gasteiger partial charge on any atom is -0.478 e. The summed E-state index contributed by atoms with van der Waals surface area (Å²) in [5.74, 6) is -2.51. The maximum Gasteiger partial charge on any atom is 0.328 e. The number of carboxylic acids is 2. The molecule has 1 rings (SSSR count). The highest BCUT2D eigenvalue weighted by Crippen LogP contribution is 2.15. The average molecular weight is 358 g/mol. The van der Waals surface area contributed by atoms with E-state index in [1.54, 1.807) is 0 Å². The third-order valence-corrected chi connectivity index (χ3v) is 3.06. The van der Waals surface area contributed by atoms with Gasteiger partial charge in [-0.25, -0.2) is 9.59 Å². The lowest BCUT2D eigenvalue weighted by Gasteiger charge is -2.19. The van der Waals surface area contributed by atoms with Crippen LogP contribution in [0, 0.1) is 0 Å². The van der Waals surface area contributed by atoms with E-state index in [2.05, 4.69) is 23.4 Å². The van der Waals surface area contributed by atoms with Gasteiger partial charge in [0.15, 0.2) is 0 Å². The average Bonchev–Trinajstić information content (AvgIpc) is 2.48. The minimum absolute atomic E-state index is 0.558. The van der Waals surface area contributed by atoms with Crippen LogP contribution in [-0.2, 0) is 16.1 Å². The van der Waals surface area contributed by atoms with E-state index in [4.69, 9.17) is 21.8 Å². The van der Waals surface area contributed by atoms with E-state index >= 15 is 0 Å². The molecule has 8 heteroatoms. The molecule has 0 aromatic heterocycles. The molecule has 0 radical (unpaired) electrons. The highest BCUT2D eigenvalue weighted by atomic mass is 35.5. The number of likely N-dealkylation sites (N-methyl/N-ethyl adjacent to an activating group) is 1. The Morgan fingerprint density at radius 3 is 2.12 bits per heavy atom. The molecule has 1 aromatic rings. The van der Waals surface area contributed by atoms with Crippen molar-refractivity contribution < 1.29 is 19.8 Å². The first kappa shape index (κ1) is 22.1. The standard InChI is InChI=1S/C12H20ClN3.C4H4O4/c1-15(2)14-8-9-16(3)10-11-6-4-5-7-12(11)13;5-3(6)1-2-4(7)8/h4-7,14H,8-10H2,1-3H3;1-2H,(H,5,6)(H,7,8)/b;2-1-.